The lowest BCUT2D eigenvalue weighted by Crippen LogP contribution is -2.31. The molecule has 5 heteroatoms. The Morgan fingerprint density at radius 1 is 1.16 bits per heavy atom. The van der Waals surface area contributed by atoms with Crippen molar-refractivity contribution in [3.63, 3.8) is 0 Å². The van der Waals surface area contributed by atoms with Gasteiger partial charge in [-0.2, -0.15) is 0 Å². The molecule has 0 bridgehead atoms. The first kappa shape index (κ1) is 17.4. The van der Waals surface area contributed by atoms with Crippen LogP contribution in [0.25, 0.3) is 11.3 Å². The Kier molecular flexibility index (Phi) is 4.77. The molecule has 0 aliphatic carbocycles. The van der Waals surface area contributed by atoms with Crippen LogP contribution in [0, 0.1) is 13.8 Å². The van der Waals surface area contributed by atoms with Crippen LogP contribution in [0.2, 0.25) is 0 Å². The van der Waals surface area contributed by atoms with E-state index in [1.165, 1.54) is 4.88 Å². The first-order valence-corrected chi connectivity index (χ1v) is 9.14. The number of hydrogen-bond donors (Lipinski definition) is 0. The van der Waals surface area contributed by atoms with Crippen LogP contribution in [0.5, 0.6) is 0 Å². The maximum absolute atomic E-state index is 13.0. The van der Waals surface area contributed by atoms with Gasteiger partial charge in [-0.15, -0.1) is 11.3 Å². The molecule has 3 rings (SSSR count). The van der Waals surface area contributed by atoms with Crippen molar-refractivity contribution in [2.45, 2.75) is 26.8 Å². The van der Waals surface area contributed by atoms with Gasteiger partial charge in [0.15, 0.2) is 0 Å². The summed E-state index contributed by atoms with van der Waals surface area (Å²) in [6.07, 6.45) is 0. The normalized spacial score (nSPS) is 12.2. The second kappa shape index (κ2) is 6.84. The van der Waals surface area contributed by atoms with Crippen molar-refractivity contribution in [1.29, 1.82) is 0 Å². The van der Waals surface area contributed by atoms with Gasteiger partial charge in [0, 0.05) is 24.7 Å². The number of rotatable bonds is 4. The third kappa shape index (κ3) is 3.24. The summed E-state index contributed by atoms with van der Waals surface area (Å²) < 4.78 is 1.96. The minimum absolute atomic E-state index is 0.00207. The molecule has 0 aliphatic heterocycles. The molecule has 25 heavy (non-hydrogen) atoms. The predicted octanol–water partition coefficient (Wildman–Crippen LogP) is 4.60. The van der Waals surface area contributed by atoms with Gasteiger partial charge in [-0.1, -0.05) is 30.3 Å². The smallest absolute Gasteiger partial charge is 0.270 e. The molecule has 130 valence electrons. The molecule has 2 heterocycles. The van der Waals surface area contributed by atoms with Crippen molar-refractivity contribution in [3.05, 3.63) is 63.7 Å². The summed E-state index contributed by atoms with van der Waals surface area (Å²) in [5, 5.41) is 1.03. The second-order valence-corrected chi connectivity index (χ2v) is 7.70. The highest BCUT2D eigenvalue weighted by Crippen LogP contribution is 2.28. The average molecular weight is 353 g/mol. The van der Waals surface area contributed by atoms with E-state index < -0.39 is 0 Å². The van der Waals surface area contributed by atoms with Gasteiger partial charge >= 0.3 is 0 Å². The number of carbonyl (C=O) groups is 1. The summed E-state index contributed by atoms with van der Waals surface area (Å²) in [7, 11) is 3.78. The van der Waals surface area contributed by atoms with Gasteiger partial charge < -0.3 is 9.47 Å². The molecular weight excluding hydrogens is 330 g/mol. The average Bonchev–Trinajstić information content (AvgIpc) is 3.15. The quantitative estimate of drug-likeness (QED) is 0.687. The highest BCUT2D eigenvalue weighted by molar-refractivity contribution is 7.11. The van der Waals surface area contributed by atoms with Crippen LogP contribution < -0.4 is 0 Å². The van der Waals surface area contributed by atoms with Gasteiger partial charge in [-0.25, -0.2) is 4.98 Å². The van der Waals surface area contributed by atoms with Gasteiger partial charge in [-0.05, 0) is 38.5 Å². The second-order valence-electron chi connectivity index (χ2n) is 6.30. The molecule has 0 radical (unpaired) electrons. The lowest BCUT2D eigenvalue weighted by atomic mass is 10.1. The lowest BCUT2D eigenvalue weighted by molar-refractivity contribution is 0.0730. The van der Waals surface area contributed by atoms with Crippen LogP contribution in [0.15, 0.2) is 42.5 Å². The molecule has 3 aromatic rings. The largest absolute Gasteiger partial charge is 0.340 e. The number of benzene rings is 1. The fraction of sp³-hybridized carbons (Fsp3) is 0.300. The monoisotopic (exact) mass is 353 g/mol. The van der Waals surface area contributed by atoms with Gasteiger partial charge in [0.05, 0.1) is 16.7 Å². The number of hydrogen-bond acceptors (Lipinski definition) is 3. The van der Waals surface area contributed by atoms with Crippen molar-refractivity contribution < 1.29 is 4.79 Å². The van der Waals surface area contributed by atoms with Gasteiger partial charge in [0.25, 0.3) is 5.91 Å². The van der Waals surface area contributed by atoms with Crippen molar-refractivity contribution in [2.75, 3.05) is 7.05 Å². The summed E-state index contributed by atoms with van der Waals surface area (Å²) in [5.74, 6) is 0.00207. The van der Waals surface area contributed by atoms with Crippen LogP contribution >= 0.6 is 11.3 Å². The SMILES string of the molecule is Cc1nc(C(C)N(C)C(=O)c2ccc(-c3ccccc3)n2C)c(C)s1. The van der Waals surface area contributed by atoms with E-state index in [9.17, 15) is 4.79 Å². The van der Waals surface area contributed by atoms with Crippen LogP contribution in [-0.2, 0) is 7.05 Å². The highest BCUT2D eigenvalue weighted by atomic mass is 32.1. The molecule has 0 N–H and O–H groups in total. The molecule has 0 saturated heterocycles. The van der Waals surface area contributed by atoms with Crippen molar-refractivity contribution in [1.82, 2.24) is 14.5 Å². The minimum atomic E-state index is -0.0625. The Morgan fingerprint density at radius 2 is 1.84 bits per heavy atom. The molecule has 0 spiro atoms. The van der Waals surface area contributed by atoms with Gasteiger partial charge in [-0.3, -0.25) is 4.79 Å². The molecule has 1 amide bonds. The van der Waals surface area contributed by atoms with Crippen LogP contribution in [0.3, 0.4) is 0 Å². The summed E-state index contributed by atoms with van der Waals surface area (Å²) in [4.78, 5) is 20.6. The predicted molar refractivity (Wildman–Crippen MR) is 103 cm³/mol. The van der Waals surface area contributed by atoms with E-state index in [-0.39, 0.29) is 11.9 Å². The molecule has 1 aromatic carbocycles. The van der Waals surface area contributed by atoms with Crippen molar-refractivity contribution in [2.24, 2.45) is 7.05 Å². The zero-order valence-electron chi connectivity index (χ0n) is 15.3. The Bertz CT molecular complexity index is 895. The number of thiazole rings is 1. The van der Waals surface area contributed by atoms with Gasteiger partial charge in [0.2, 0.25) is 0 Å². The van der Waals surface area contributed by atoms with Crippen LogP contribution in [0.4, 0.5) is 0 Å². The third-order valence-corrected chi connectivity index (χ3v) is 5.55. The number of aryl methyl sites for hydroxylation is 2. The summed E-state index contributed by atoms with van der Waals surface area (Å²) in [6.45, 7) is 6.09. The molecule has 0 saturated carbocycles. The number of aromatic nitrogens is 2. The van der Waals surface area contributed by atoms with E-state index in [1.54, 1.807) is 16.2 Å². The Balaban J connectivity index is 1.88. The minimum Gasteiger partial charge on any atom is -0.340 e. The lowest BCUT2D eigenvalue weighted by Gasteiger charge is -2.24. The number of nitrogens with zero attached hydrogens (tertiary/aromatic N) is 3. The zero-order chi connectivity index (χ0) is 18.1. The van der Waals surface area contributed by atoms with Crippen molar-refractivity contribution in [3.8, 4) is 11.3 Å². The molecule has 4 nitrogen and oxygen atoms in total. The van der Waals surface area contributed by atoms with E-state index in [0.717, 1.165) is 22.0 Å². The third-order valence-electron chi connectivity index (χ3n) is 4.65. The van der Waals surface area contributed by atoms with E-state index in [1.807, 2.05) is 62.8 Å². The first-order valence-electron chi connectivity index (χ1n) is 8.32. The van der Waals surface area contributed by atoms with Crippen LogP contribution in [-0.4, -0.2) is 27.4 Å². The number of amides is 1. The molecule has 1 atom stereocenters. The van der Waals surface area contributed by atoms with E-state index in [0.29, 0.717) is 5.69 Å². The number of carbonyl (C=O) groups excluding carboxylic acids is 1. The Labute approximate surface area is 152 Å². The van der Waals surface area contributed by atoms with E-state index in [2.05, 4.69) is 24.0 Å². The zero-order valence-corrected chi connectivity index (χ0v) is 16.1. The van der Waals surface area contributed by atoms with Crippen molar-refractivity contribution >= 4 is 17.2 Å². The fourth-order valence-corrected chi connectivity index (χ4v) is 4.01. The van der Waals surface area contributed by atoms with Crippen LogP contribution in [0.1, 0.15) is 39.0 Å². The molecule has 1 unspecified atom stereocenters. The van der Waals surface area contributed by atoms with E-state index in [4.69, 9.17) is 0 Å². The van der Waals surface area contributed by atoms with Gasteiger partial charge in [0.1, 0.15) is 5.69 Å². The first-order chi connectivity index (χ1) is 11.9. The molecule has 0 fully saturated rings. The molecule has 2 aromatic heterocycles. The summed E-state index contributed by atoms with van der Waals surface area (Å²) in [5.41, 5.74) is 3.80. The maximum atomic E-state index is 13.0. The topological polar surface area (TPSA) is 38.1 Å². The summed E-state index contributed by atoms with van der Waals surface area (Å²) >= 11 is 1.67. The van der Waals surface area contributed by atoms with E-state index >= 15 is 0 Å². The Hall–Kier alpha value is -2.40. The molecular formula is C20H23N3OS. The Morgan fingerprint density at radius 3 is 2.44 bits per heavy atom. The molecule has 0 aliphatic rings. The standard InChI is InChI=1S/C20H23N3OS/c1-13(19-14(2)25-15(3)21-19)22(4)20(24)18-12-11-17(23(18)5)16-9-7-6-8-10-16/h6-13H,1-5H3. The fourth-order valence-electron chi connectivity index (χ4n) is 3.10. The highest BCUT2D eigenvalue weighted by Gasteiger charge is 2.24. The summed E-state index contributed by atoms with van der Waals surface area (Å²) in [6, 6.07) is 13.9. The maximum Gasteiger partial charge on any atom is 0.270 e.